The number of benzene rings is 1. The first-order valence-electron chi connectivity index (χ1n) is 6.34. The van der Waals surface area contributed by atoms with Crippen molar-refractivity contribution in [3.63, 3.8) is 0 Å². The average Bonchev–Trinajstić information content (AvgIpc) is 2.26. The zero-order valence-corrected chi connectivity index (χ0v) is 12.9. The summed E-state index contributed by atoms with van der Waals surface area (Å²) >= 11 is 0. The zero-order chi connectivity index (χ0) is 13.7. The molecule has 0 aliphatic carbocycles. The van der Waals surface area contributed by atoms with Crippen molar-refractivity contribution in [3.8, 4) is 11.5 Å². The van der Waals surface area contributed by atoms with Crippen molar-refractivity contribution in [2.45, 2.75) is 27.7 Å². The van der Waals surface area contributed by atoms with E-state index in [4.69, 9.17) is 20.9 Å². The zero-order valence-electron chi connectivity index (χ0n) is 12.1. The summed E-state index contributed by atoms with van der Waals surface area (Å²) in [5.41, 5.74) is 12.8. The van der Waals surface area contributed by atoms with Gasteiger partial charge in [0.25, 0.3) is 0 Å². The maximum atomic E-state index is 5.87. The van der Waals surface area contributed by atoms with Crippen LogP contribution in [0.25, 0.3) is 0 Å². The molecule has 1 aromatic carbocycles. The normalized spacial score (nSPS) is 10.4. The van der Waals surface area contributed by atoms with Gasteiger partial charge in [-0.15, -0.1) is 12.4 Å². The van der Waals surface area contributed by atoms with Gasteiger partial charge in [-0.05, 0) is 17.9 Å². The van der Waals surface area contributed by atoms with Gasteiger partial charge in [0.1, 0.15) is 11.5 Å². The van der Waals surface area contributed by atoms with Crippen LogP contribution in [0.2, 0.25) is 0 Å². The summed E-state index contributed by atoms with van der Waals surface area (Å²) in [5.74, 6) is 2.16. The molecule has 0 bridgehead atoms. The first-order chi connectivity index (χ1) is 8.40. The van der Waals surface area contributed by atoms with Gasteiger partial charge in [-0.25, -0.2) is 0 Å². The third-order valence-electron chi connectivity index (χ3n) is 2.29. The Hall–Kier alpha value is -1.29. The lowest BCUT2D eigenvalue weighted by atomic mass is 10.2. The Morgan fingerprint density at radius 2 is 1.21 bits per heavy atom. The van der Waals surface area contributed by atoms with E-state index < -0.39 is 0 Å². The lowest BCUT2D eigenvalue weighted by molar-refractivity contribution is 0.259. The molecular formula is C14H25ClN2O2. The fourth-order valence-corrected chi connectivity index (χ4v) is 1.36. The van der Waals surface area contributed by atoms with Gasteiger partial charge in [0.05, 0.1) is 24.6 Å². The van der Waals surface area contributed by atoms with Crippen LogP contribution in [0.15, 0.2) is 12.1 Å². The lowest BCUT2D eigenvalue weighted by Crippen LogP contribution is -2.09. The highest BCUT2D eigenvalue weighted by atomic mass is 35.5. The molecule has 1 aromatic rings. The standard InChI is InChI=1S/C14H24N2O2.ClH/c1-9(2)7-17-13-6-14(18-8-10(3)4)12(16)5-11(13)15;/h5-6,9-10H,7-8,15-16H2,1-4H3;1H. The smallest absolute Gasteiger partial charge is 0.146 e. The Morgan fingerprint density at radius 1 is 0.842 bits per heavy atom. The van der Waals surface area contributed by atoms with Gasteiger partial charge < -0.3 is 20.9 Å². The predicted molar refractivity (Wildman–Crippen MR) is 83.2 cm³/mol. The third kappa shape index (κ3) is 5.92. The fourth-order valence-electron chi connectivity index (χ4n) is 1.36. The van der Waals surface area contributed by atoms with Crippen LogP contribution in [0.3, 0.4) is 0 Å². The molecule has 0 saturated carbocycles. The average molecular weight is 289 g/mol. The van der Waals surface area contributed by atoms with E-state index in [1.165, 1.54) is 0 Å². The van der Waals surface area contributed by atoms with Crippen LogP contribution < -0.4 is 20.9 Å². The summed E-state index contributed by atoms with van der Waals surface area (Å²) in [6.07, 6.45) is 0. The highest BCUT2D eigenvalue weighted by Gasteiger charge is 2.09. The van der Waals surface area contributed by atoms with Crippen LogP contribution in [0, 0.1) is 11.8 Å². The first-order valence-corrected chi connectivity index (χ1v) is 6.34. The topological polar surface area (TPSA) is 70.5 Å². The Morgan fingerprint density at radius 3 is 1.53 bits per heavy atom. The molecule has 0 amide bonds. The number of anilines is 2. The molecule has 4 N–H and O–H groups in total. The van der Waals surface area contributed by atoms with Gasteiger partial charge in [0.15, 0.2) is 0 Å². The lowest BCUT2D eigenvalue weighted by Gasteiger charge is -2.15. The van der Waals surface area contributed by atoms with E-state index in [-0.39, 0.29) is 12.4 Å². The van der Waals surface area contributed by atoms with E-state index in [9.17, 15) is 0 Å². The van der Waals surface area contributed by atoms with E-state index in [0.29, 0.717) is 47.9 Å². The maximum Gasteiger partial charge on any atom is 0.146 e. The Balaban J connectivity index is 0.00000324. The van der Waals surface area contributed by atoms with Crippen molar-refractivity contribution < 1.29 is 9.47 Å². The molecule has 0 unspecified atom stereocenters. The van der Waals surface area contributed by atoms with E-state index in [1.54, 1.807) is 12.1 Å². The number of hydrogen-bond acceptors (Lipinski definition) is 4. The summed E-state index contributed by atoms with van der Waals surface area (Å²) in [4.78, 5) is 0. The van der Waals surface area contributed by atoms with E-state index in [1.807, 2.05) is 0 Å². The van der Waals surface area contributed by atoms with Gasteiger partial charge in [-0.2, -0.15) is 0 Å². The van der Waals surface area contributed by atoms with Crippen molar-refractivity contribution in [3.05, 3.63) is 12.1 Å². The molecule has 0 spiro atoms. The van der Waals surface area contributed by atoms with Crippen LogP contribution in [0.4, 0.5) is 11.4 Å². The first kappa shape index (κ1) is 17.7. The van der Waals surface area contributed by atoms with Crippen molar-refractivity contribution in [1.82, 2.24) is 0 Å². The van der Waals surface area contributed by atoms with Gasteiger partial charge >= 0.3 is 0 Å². The summed E-state index contributed by atoms with van der Waals surface area (Å²) < 4.78 is 11.3. The second kappa shape index (κ2) is 8.00. The largest absolute Gasteiger partial charge is 0.491 e. The minimum atomic E-state index is 0. The second-order valence-electron chi connectivity index (χ2n) is 5.34. The van der Waals surface area contributed by atoms with E-state index >= 15 is 0 Å². The van der Waals surface area contributed by atoms with Crippen LogP contribution in [-0.4, -0.2) is 13.2 Å². The predicted octanol–water partition coefficient (Wildman–Crippen LogP) is 3.34. The van der Waals surface area contributed by atoms with E-state index in [0.717, 1.165) is 0 Å². The molecule has 0 saturated heterocycles. The summed E-state index contributed by atoms with van der Waals surface area (Å²) in [7, 11) is 0. The summed E-state index contributed by atoms with van der Waals surface area (Å²) in [6.45, 7) is 9.59. The van der Waals surface area contributed by atoms with Gasteiger partial charge in [-0.1, -0.05) is 27.7 Å². The highest BCUT2D eigenvalue weighted by Crippen LogP contribution is 2.33. The minimum absolute atomic E-state index is 0. The van der Waals surface area contributed by atoms with Crippen molar-refractivity contribution in [1.29, 1.82) is 0 Å². The molecule has 0 radical (unpaired) electrons. The van der Waals surface area contributed by atoms with Crippen LogP contribution in [0.1, 0.15) is 27.7 Å². The number of halogens is 1. The molecule has 0 fully saturated rings. The van der Waals surface area contributed by atoms with Crippen molar-refractivity contribution in [2.24, 2.45) is 11.8 Å². The number of nitrogen functional groups attached to an aromatic ring is 2. The third-order valence-corrected chi connectivity index (χ3v) is 2.29. The number of hydrogen-bond donors (Lipinski definition) is 2. The van der Waals surface area contributed by atoms with Gasteiger partial charge in [0, 0.05) is 6.07 Å². The molecule has 110 valence electrons. The van der Waals surface area contributed by atoms with Crippen LogP contribution in [-0.2, 0) is 0 Å². The summed E-state index contributed by atoms with van der Waals surface area (Å²) in [6, 6.07) is 3.46. The second-order valence-corrected chi connectivity index (χ2v) is 5.34. The van der Waals surface area contributed by atoms with Crippen molar-refractivity contribution in [2.75, 3.05) is 24.7 Å². The fraction of sp³-hybridized carbons (Fsp3) is 0.571. The number of rotatable bonds is 6. The Labute approximate surface area is 121 Å². The molecule has 0 heterocycles. The molecule has 1 rings (SSSR count). The Kier molecular flexibility index (Phi) is 7.45. The highest BCUT2D eigenvalue weighted by molar-refractivity contribution is 5.85. The van der Waals surface area contributed by atoms with E-state index in [2.05, 4.69) is 27.7 Å². The molecule has 0 atom stereocenters. The molecule has 5 heteroatoms. The molecular weight excluding hydrogens is 264 g/mol. The quantitative estimate of drug-likeness (QED) is 0.788. The van der Waals surface area contributed by atoms with Gasteiger partial charge in [-0.3, -0.25) is 0 Å². The molecule has 19 heavy (non-hydrogen) atoms. The monoisotopic (exact) mass is 288 g/mol. The van der Waals surface area contributed by atoms with Crippen molar-refractivity contribution >= 4 is 23.8 Å². The minimum Gasteiger partial charge on any atom is -0.491 e. The number of nitrogens with two attached hydrogens (primary N) is 2. The molecule has 0 aromatic heterocycles. The molecule has 4 nitrogen and oxygen atoms in total. The molecule has 0 aliphatic heterocycles. The van der Waals surface area contributed by atoms with Crippen LogP contribution in [0.5, 0.6) is 11.5 Å². The SMILES string of the molecule is CC(C)COc1cc(OCC(C)C)c(N)cc1N.Cl. The van der Waals surface area contributed by atoms with Crippen LogP contribution >= 0.6 is 12.4 Å². The number of ether oxygens (including phenoxy) is 2. The summed E-state index contributed by atoms with van der Waals surface area (Å²) in [5, 5.41) is 0. The molecule has 0 aliphatic rings. The Bertz CT molecular complexity index is 362. The maximum absolute atomic E-state index is 5.87. The van der Waals surface area contributed by atoms with Gasteiger partial charge in [0.2, 0.25) is 0 Å².